The molecule has 0 unspecified atom stereocenters. The van der Waals surface area contributed by atoms with Gasteiger partial charge in [-0.15, -0.1) is 10.2 Å². The van der Waals surface area contributed by atoms with Gasteiger partial charge in [-0.1, -0.05) is 39.0 Å². The molecular formula is C26H44FN5O3S. The van der Waals surface area contributed by atoms with Crippen LogP contribution in [-0.2, 0) is 6.42 Å². The van der Waals surface area contributed by atoms with Crippen LogP contribution in [0.4, 0.5) is 4.39 Å². The van der Waals surface area contributed by atoms with Gasteiger partial charge in [0.25, 0.3) is 0 Å². The number of aromatic nitrogens is 2. The van der Waals surface area contributed by atoms with Crippen molar-refractivity contribution in [3.05, 3.63) is 60.5 Å². The molecule has 5 N–H and O–H groups in total. The number of halogens is 1. The first kappa shape index (κ1) is 37.4. The molecule has 1 aromatic heterocycles. The Morgan fingerprint density at radius 3 is 1.81 bits per heavy atom. The van der Waals surface area contributed by atoms with Crippen molar-refractivity contribution in [1.29, 1.82) is 5.41 Å². The summed E-state index contributed by atoms with van der Waals surface area (Å²) >= 11 is 1.86. The highest BCUT2D eigenvalue weighted by Gasteiger charge is 2.06. The van der Waals surface area contributed by atoms with Gasteiger partial charge in [-0.05, 0) is 61.9 Å². The molecule has 0 aliphatic heterocycles. The van der Waals surface area contributed by atoms with Crippen molar-refractivity contribution >= 4 is 18.1 Å². The van der Waals surface area contributed by atoms with Crippen LogP contribution in [0.3, 0.4) is 0 Å². The fourth-order valence-electron chi connectivity index (χ4n) is 1.93. The van der Waals surface area contributed by atoms with Crippen LogP contribution in [0.5, 0.6) is 11.5 Å². The van der Waals surface area contributed by atoms with E-state index in [1.807, 2.05) is 87.1 Å². The third-order valence-corrected chi connectivity index (χ3v) is 4.03. The summed E-state index contributed by atoms with van der Waals surface area (Å²) in [4.78, 5) is 0. The molecule has 0 saturated heterocycles. The molecule has 0 amide bonds. The van der Waals surface area contributed by atoms with Gasteiger partial charge in [-0.25, -0.2) is 0 Å². The lowest BCUT2D eigenvalue weighted by Gasteiger charge is -2.02. The molecule has 0 bridgehead atoms. The number of nitrogens with one attached hydrogen (secondary N) is 1. The molecule has 0 saturated carbocycles. The minimum absolute atomic E-state index is 0.500. The lowest BCUT2D eigenvalue weighted by atomic mass is 10.2. The molecule has 1 heterocycles. The molecule has 3 rings (SSSR count). The quantitative estimate of drug-likeness (QED) is 0.269. The van der Waals surface area contributed by atoms with E-state index in [0.717, 1.165) is 36.4 Å². The SMILES string of the molecule is CCN.CCOc1ccc(-c2nnc(CC)o2)cc1.CCSC.CF.COc1ccccc1.N=CN. The number of hydrogen-bond acceptors (Lipinski definition) is 8. The molecule has 2 aromatic carbocycles. The number of methoxy groups -OCH3 is 1. The predicted octanol–water partition coefficient (Wildman–Crippen LogP) is 5.87. The first-order chi connectivity index (χ1) is 17.5. The number of rotatable bonds is 6. The summed E-state index contributed by atoms with van der Waals surface area (Å²) < 4.78 is 25.2. The van der Waals surface area contributed by atoms with Gasteiger partial charge in [0.05, 0.1) is 27.2 Å². The van der Waals surface area contributed by atoms with E-state index in [9.17, 15) is 4.39 Å². The van der Waals surface area contributed by atoms with Crippen molar-refractivity contribution in [2.75, 3.05) is 39.4 Å². The molecule has 0 aliphatic carbocycles. The molecule has 0 aliphatic rings. The number of alkyl halides is 1. The zero-order valence-corrected chi connectivity index (χ0v) is 23.5. The summed E-state index contributed by atoms with van der Waals surface area (Å²) in [6.07, 6.45) is 3.60. The van der Waals surface area contributed by atoms with Crippen molar-refractivity contribution < 1.29 is 18.3 Å². The van der Waals surface area contributed by atoms with Crippen molar-refractivity contribution in [2.45, 2.75) is 34.1 Å². The number of nitrogens with two attached hydrogens (primary N) is 2. The number of thioether (sulfide) groups is 1. The van der Waals surface area contributed by atoms with Crippen molar-refractivity contribution in [3.63, 3.8) is 0 Å². The molecule has 0 atom stereocenters. The largest absolute Gasteiger partial charge is 0.497 e. The molecule has 8 nitrogen and oxygen atoms in total. The second-order valence-electron chi connectivity index (χ2n) is 5.98. The van der Waals surface area contributed by atoms with Gasteiger partial charge in [-0.3, -0.25) is 9.80 Å². The fourth-order valence-corrected chi connectivity index (χ4v) is 1.93. The van der Waals surface area contributed by atoms with E-state index in [2.05, 4.69) is 29.1 Å². The lowest BCUT2D eigenvalue weighted by molar-refractivity contribution is 0.340. The Labute approximate surface area is 220 Å². The van der Waals surface area contributed by atoms with Crippen LogP contribution in [0.15, 0.2) is 59.0 Å². The highest BCUT2D eigenvalue weighted by molar-refractivity contribution is 7.98. The monoisotopic (exact) mass is 525 g/mol. The Balaban J connectivity index is -0.000000455. The van der Waals surface area contributed by atoms with Gasteiger partial charge in [0.1, 0.15) is 11.5 Å². The first-order valence-electron chi connectivity index (χ1n) is 11.4. The van der Waals surface area contributed by atoms with Crippen molar-refractivity contribution in [3.8, 4) is 23.0 Å². The number of para-hydroxylation sites is 1. The fraction of sp³-hybridized carbons (Fsp3) is 0.423. The maximum atomic E-state index is 9.50. The van der Waals surface area contributed by atoms with E-state index < -0.39 is 0 Å². The van der Waals surface area contributed by atoms with Crippen LogP contribution < -0.4 is 20.9 Å². The predicted molar refractivity (Wildman–Crippen MR) is 152 cm³/mol. The molecule has 0 spiro atoms. The number of nitrogens with zero attached hydrogens (tertiary/aromatic N) is 2. The molecule has 36 heavy (non-hydrogen) atoms. The maximum absolute atomic E-state index is 9.50. The molecule has 0 fully saturated rings. The average molecular weight is 526 g/mol. The second kappa shape index (κ2) is 29.9. The average Bonchev–Trinajstić information content (AvgIpc) is 3.42. The van der Waals surface area contributed by atoms with Gasteiger partial charge < -0.3 is 25.4 Å². The standard InChI is InChI=1S/C12H14N2O2.C7H8O.C3H8S.C2H7N.CH3F.CH4N2/c1-3-11-13-14-12(16-11)9-5-7-10(8-6-9)15-4-2;1-8-7-5-3-2-4-6-7;1-3-4-2;1-2-3;1-2;2-1-3/h5-8H,3-4H2,1-2H3;2-6H,1H3;3H2,1-2H3;2-3H2,1H3;1H3;1H,(H3,2,3). The van der Waals surface area contributed by atoms with Gasteiger partial charge in [0.2, 0.25) is 11.8 Å². The van der Waals surface area contributed by atoms with E-state index in [1.165, 1.54) is 5.75 Å². The molecular weight excluding hydrogens is 481 g/mol. The zero-order chi connectivity index (χ0) is 28.0. The first-order valence-corrected chi connectivity index (χ1v) is 12.8. The maximum Gasteiger partial charge on any atom is 0.247 e. The van der Waals surface area contributed by atoms with Crippen LogP contribution in [-0.4, -0.2) is 56.0 Å². The smallest absolute Gasteiger partial charge is 0.247 e. The second-order valence-corrected chi connectivity index (χ2v) is 7.14. The molecule has 10 heteroatoms. The Morgan fingerprint density at radius 2 is 1.47 bits per heavy atom. The third kappa shape index (κ3) is 21.4. The molecule has 3 aromatic rings. The van der Waals surface area contributed by atoms with Gasteiger partial charge in [0.15, 0.2) is 0 Å². The highest BCUT2D eigenvalue weighted by atomic mass is 32.2. The number of hydrogen-bond donors (Lipinski definition) is 3. The summed E-state index contributed by atoms with van der Waals surface area (Å²) in [6, 6.07) is 17.3. The van der Waals surface area contributed by atoms with E-state index in [1.54, 1.807) is 7.11 Å². The van der Waals surface area contributed by atoms with Crippen LogP contribution >= 0.6 is 11.8 Å². The Hall–Kier alpha value is -3.11. The summed E-state index contributed by atoms with van der Waals surface area (Å²) in [6.45, 7) is 9.40. The summed E-state index contributed by atoms with van der Waals surface area (Å²) in [5, 5.41) is 13.8. The van der Waals surface area contributed by atoms with Gasteiger partial charge in [-0.2, -0.15) is 11.8 Å². The zero-order valence-electron chi connectivity index (χ0n) is 22.7. The van der Waals surface area contributed by atoms with Crippen LogP contribution in [0.1, 0.15) is 33.6 Å². The third-order valence-electron chi connectivity index (χ3n) is 3.45. The number of ether oxygens (including phenoxy) is 2. The Bertz CT molecular complexity index is 820. The Morgan fingerprint density at radius 1 is 0.972 bits per heavy atom. The lowest BCUT2D eigenvalue weighted by Crippen LogP contribution is -1.90. The highest BCUT2D eigenvalue weighted by Crippen LogP contribution is 2.21. The molecule has 204 valence electrons. The molecule has 0 radical (unpaired) electrons. The van der Waals surface area contributed by atoms with Crippen molar-refractivity contribution in [2.24, 2.45) is 11.5 Å². The topological polar surface area (TPSA) is 133 Å². The van der Waals surface area contributed by atoms with E-state index >= 15 is 0 Å². The normalized spacial score (nSPS) is 8.36. The minimum Gasteiger partial charge on any atom is -0.497 e. The van der Waals surface area contributed by atoms with E-state index in [4.69, 9.17) is 25.0 Å². The van der Waals surface area contributed by atoms with Crippen molar-refractivity contribution in [1.82, 2.24) is 10.2 Å². The van der Waals surface area contributed by atoms with E-state index in [0.29, 0.717) is 25.6 Å². The number of benzene rings is 2. The van der Waals surface area contributed by atoms with Crippen LogP contribution in [0.25, 0.3) is 11.5 Å². The van der Waals surface area contributed by atoms with Gasteiger partial charge in [0, 0.05) is 12.0 Å². The minimum atomic E-state index is 0.500. The van der Waals surface area contributed by atoms with Crippen LogP contribution in [0.2, 0.25) is 0 Å². The van der Waals surface area contributed by atoms with Crippen LogP contribution in [0, 0.1) is 5.41 Å². The van der Waals surface area contributed by atoms with Gasteiger partial charge >= 0.3 is 0 Å². The summed E-state index contributed by atoms with van der Waals surface area (Å²) in [7, 11) is 2.16. The van der Waals surface area contributed by atoms with E-state index in [-0.39, 0.29) is 0 Å². The number of aryl methyl sites for hydroxylation is 1. The summed E-state index contributed by atoms with van der Waals surface area (Å²) in [5.74, 6) is 4.21. The summed E-state index contributed by atoms with van der Waals surface area (Å²) in [5.41, 5.74) is 10.1. The Kier molecular flexibility index (Phi) is 31.1.